The van der Waals surface area contributed by atoms with E-state index in [0.717, 1.165) is 24.6 Å². The van der Waals surface area contributed by atoms with Gasteiger partial charge >= 0.3 is 0 Å². The Morgan fingerprint density at radius 2 is 1.72 bits per heavy atom. The lowest BCUT2D eigenvalue weighted by Crippen LogP contribution is -2.44. The summed E-state index contributed by atoms with van der Waals surface area (Å²) in [5.74, 6) is 0. The Kier molecular flexibility index (Phi) is 7.81. The van der Waals surface area contributed by atoms with Gasteiger partial charge in [-0.1, -0.05) is 42.6 Å². The van der Waals surface area contributed by atoms with Gasteiger partial charge in [0.15, 0.2) is 0 Å². The quantitative estimate of drug-likeness (QED) is 0.625. The second-order valence-electron chi connectivity index (χ2n) is 5.89. The van der Waals surface area contributed by atoms with E-state index in [2.05, 4.69) is 41.7 Å². The van der Waals surface area contributed by atoms with E-state index in [0.29, 0.717) is 5.41 Å². The van der Waals surface area contributed by atoms with Gasteiger partial charge in [-0.3, -0.25) is 0 Å². The van der Waals surface area contributed by atoms with Gasteiger partial charge in [-0.15, -0.1) is 0 Å². The largest absolute Gasteiger partial charge is 0.381 e. The van der Waals surface area contributed by atoms with E-state index in [-0.39, 0.29) is 0 Å². The topological polar surface area (TPSA) is 12.5 Å². The van der Waals surface area contributed by atoms with Crippen LogP contribution in [0.2, 0.25) is 0 Å². The van der Waals surface area contributed by atoms with Gasteiger partial charge in [0, 0.05) is 31.1 Å². The Bertz CT molecular complexity index is 211. The maximum atomic E-state index is 5.47. The number of halogens is 1. The number of rotatable bonds is 8. The highest BCUT2D eigenvalue weighted by Crippen LogP contribution is 2.34. The van der Waals surface area contributed by atoms with Gasteiger partial charge in [-0.2, -0.15) is 0 Å². The van der Waals surface area contributed by atoms with E-state index >= 15 is 0 Å². The molecule has 1 heterocycles. The molecule has 0 amide bonds. The zero-order valence-electron chi connectivity index (χ0n) is 12.4. The lowest BCUT2D eigenvalue weighted by Gasteiger charge is -2.40. The molecule has 2 nitrogen and oxygen atoms in total. The van der Waals surface area contributed by atoms with Gasteiger partial charge in [0.05, 0.1) is 0 Å². The first-order valence-electron chi connectivity index (χ1n) is 7.51. The molecular weight excluding hydrogens is 290 g/mol. The molecule has 0 aromatic heterocycles. The number of nitrogens with zero attached hydrogens (tertiary/aromatic N) is 1. The minimum absolute atomic E-state index is 0.469. The molecule has 0 N–H and O–H groups in total. The third-order valence-electron chi connectivity index (χ3n) is 4.24. The van der Waals surface area contributed by atoms with Gasteiger partial charge in [0.2, 0.25) is 0 Å². The van der Waals surface area contributed by atoms with Crippen LogP contribution in [0, 0.1) is 5.41 Å². The molecule has 0 atom stereocenters. The van der Waals surface area contributed by atoms with E-state index in [1.54, 1.807) is 0 Å². The van der Waals surface area contributed by atoms with Crippen LogP contribution in [0.5, 0.6) is 0 Å². The van der Waals surface area contributed by atoms with E-state index in [9.17, 15) is 0 Å². The van der Waals surface area contributed by atoms with E-state index in [1.807, 2.05) is 0 Å². The molecule has 1 rings (SSSR count). The molecule has 1 saturated heterocycles. The number of hydrogen-bond donors (Lipinski definition) is 0. The normalized spacial score (nSPS) is 18.5. The van der Waals surface area contributed by atoms with Crippen molar-refractivity contribution in [1.82, 2.24) is 4.90 Å². The van der Waals surface area contributed by atoms with Crippen molar-refractivity contribution in [3.05, 3.63) is 0 Å². The Morgan fingerprint density at radius 3 is 2.17 bits per heavy atom. The number of hydrogen-bond acceptors (Lipinski definition) is 2. The van der Waals surface area contributed by atoms with Crippen LogP contribution in [0.3, 0.4) is 0 Å². The van der Waals surface area contributed by atoms with Crippen LogP contribution in [-0.2, 0) is 4.74 Å². The minimum atomic E-state index is 0.469. The second-order valence-corrected chi connectivity index (χ2v) is 6.45. The first-order chi connectivity index (χ1) is 8.67. The van der Waals surface area contributed by atoms with Gasteiger partial charge in [-0.25, -0.2) is 0 Å². The summed E-state index contributed by atoms with van der Waals surface area (Å²) >= 11 is 3.78. The molecule has 108 valence electrons. The molecule has 0 saturated carbocycles. The third-order valence-corrected chi connectivity index (χ3v) is 5.43. The summed E-state index contributed by atoms with van der Waals surface area (Å²) < 4.78 is 5.47. The zero-order chi connectivity index (χ0) is 13.4. The van der Waals surface area contributed by atoms with Crippen molar-refractivity contribution in [3.63, 3.8) is 0 Å². The molecular formula is C15H30BrNO. The van der Waals surface area contributed by atoms with E-state index in [1.165, 1.54) is 45.1 Å². The Balaban J connectivity index is 2.56. The summed E-state index contributed by atoms with van der Waals surface area (Å²) in [6.07, 6.45) is 7.64. The number of ether oxygens (including phenoxy) is 1. The van der Waals surface area contributed by atoms with Crippen LogP contribution in [0.15, 0.2) is 0 Å². The molecule has 0 bridgehead atoms. The predicted octanol–water partition coefficient (Wildman–Crippen LogP) is 4.08. The van der Waals surface area contributed by atoms with Crippen molar-refractivity contribution in [2.24, 2.45) is 5.41 Å². The maximum Gasteiger partial charge on any atom is 0.0480 e. The first kappa shape index (κ1) is 16.5. The van der Waals surface area contributed by atoms with Crippen LogP contribution < -0.4 is 0 Å². The van der Waals surface area contributed by atoms with Gasteiger partial charge in [0.1, 0.15) is 0 Å². The van der Waals surface area contributed by atoms with Crippen molar-refractivity contribution in [1.29, 1.82) is 0 Å². The Morgan fingerprint density at radius 1 is 1.17 bits per heavy atom. The lowest BCUT2D eigenvalue weighted by molar-refractivity contribution is 0.0275. The Hall–Kier alpha value is 0.400. The highest BCUT2D eigenvalue weighted by atomic mass is 79.9. The Labute approximate surface area is 122 Å². The van der Waals surface area contributed by atoms with Gasteiger partial charge in [-0.05, 0) is 38.1 Å². The van der Waals surface area contributed by atoms with Crippen LogP contribution >= 0.6 is 15.9 Å². The van der Waals surface area contributed by atoms with Crippen molar-refractivity contribution < 1.29 is 4.74 Å². The summed E-state index contributed by atoms with van der Waals surface area (Å²) in [6, 6.07) is 0.728. The average Bonchev–Trinajstić information content (AvgIpc) is 2.40. The molecule has 0 aliphatic carbocycles. The van der Waals surface area contributed by atoms with Crippen molar-refractivity contribution in [2.45, 2.75) is 58.4 Å². The van der Waals surface area contributed by atoms with Crippen LogP contribution in [0.25, 0.3) is 0 Å². The fourth-order valence-corrected chi connectivity index (χ4v) is 4.04. The van der Waals surface area contributed by atoms with E-state index in [4.69, 9.17) is 4.74 Å². The summed E-state index contributed by atoms with van der Waals surface area (Å²) in [4.78, 5) is 2.59. The fraction of sp³-hybridized carbons (Fsp3) is 1.00. The maximum absolute atomic E-state index is 5.47. The molecule has 0 unspecified atom stereocenters. The second kappa shape index (κ2) is 8.55. The SMILES string of the molecule is CCCC(CBr)(CCC)CN(C)C1CCOCC1. The standard InChI is InChI=1S/C15H30BrNO/c1-4-8-15(12-16,9-5-2)13-17(3)14-6-10-18-11-7-14/h14H,4-13H2,1-3H3. The van der Waals surface area contributed by atoms with Crippen molar-refractivity contribution >= 4 is 15.9 Å². The van der Waals surface area contributed by atoms with E-state index < -0.39 is 0 Å². The van der Waals surface area contributed by atoms with Crippen molar-refractivity contribution in [3.8, 4) is 0 Å². The zero-order valence-corrected chi connectivity index (χ0v) is 14.0. The molecule has 0 aromatic rings. The monoisotopic (exact) mass is 319 g/mol. The highest BCUT2D eigenvalue weighted by molar-refractivity contribution is 9.09. The molecule has 0 aromatic carbocycles. The smallest absolute Gasteiger partial charge is 0.0480 e. The summed E-state index contributed by atoms with van der Waals surface area (Å²) in [5, 5.41) is 1.13. The molecule has 3 heteroatoms. The predicted molar refractivity (Wildman–Crippen MR) is 82.5 cm³/mol. The number of alkyl halides is 1. The molecule has 1 aliphatic rings. The van der Waals surface area contributed by atoms with Gasteiger partial charge in [0.25, 0.3) is 0 Å². The van der Waals surface area contributed by atoms with Gasteiger partial charge < -0.3 is 9.64 Å². The fourth-order valence-electron chi connectivity index (χ4n) is 3.30. The lowest BCUT2D eigenvalue weighted by atomic mass is 9.80. The highest BCUT2D eigenvalue weighted by Gasteiger charge is 2.31. The summed E-state index contributed by atoms with van der Waals surface area (Å²) in [5.41, 5.74) is 0.469. The van der Waals surface area contributed by atoms with Crippen molar-refractivity contribution in [2.75, 3.05) is 32.1 Å². The molecule has 18 heavy (non-hydrogen) atoms. The molecule has 0 radical (unpaired) electrons. The average molecular weight is 320 g/mol. The summed E-state index contributed by atoms with van der Waals surface area (Å²) in [7, 11) is 2.30. The van der Waals surface area contributed by atoms with Crippen LogP contribution in [-0.4, -0.2) is 43.1 Å². The third kappa shape index (κ3) is 4.82. The summed E-state index contributed by atoms with van der Waals surface area (Å²) in [6.45, 7) is 7.73. The molecule has 1 fully saturated rings. The minimum Gasteiger partial charge on any atom is -0.381 e. The van der Waals surface area contributed by atoms with Crippen LogP contribution in [0.1, 0.15) is 52.4 Å². The molecule has 0 spiro atoms. The van der Waals surface area contributed by atoms with Crippen LogP contribution in [0.4, 0.5) is 0 Å². The first-order valence-corrected chi connectivity index (χ1v) is 8.63. The molecule has 1 aliphatic heterocycles.